The molecule has 0 unspecified atom stereocenters. The first kappa shape index (κ1) is 14.3. The van der Waals surface area contributed by atoms with E-state index >= 15 is 0 Å². The van der Waals surface area contributed by atoms with Crippen molar-refractivity contribution in [1.29, 1.82) is 0 Å². The first-order valence-corrected chi connectivity index (χ1v) is 6.35. The molecule has 0 aliphatic carbocycles. The minimum atomic E-state index is -1.60. The van der Waals surface area contributed by atoms with Gasteiger partial charge in [0, 0.05) is 10.6 Å². The predicted molar refractivity (Wildman–Crippen MR) is 68.9 cm³/mol. The molecular formula is C11H14N2O4S. The van der Waals surface area contributed by atoms with Gasteiger partial charge in [-0.3, -0.25) is 0 Å². The number of benzene rings is 1. The Labute approximate surface area is 108 Å². The molecule has 2 amide bonds. The number of thioether (sulfide) groups is 1. The van der Waals surface area contributed by atoms with Crippen molar-refractivity contribution < 1.29 is 19.8 Å². The van der Waals surface area contributed by atoms with Crippen LogP contribution in [-0.4, -0.2) is 41.1 Å². The van der Waals surface area contributed by atoms with E-state index in [0.717, 1.165) is 4.90 Å². The van der Waals surface area contributed by atoms with E-state index in [1.54, 1.807) is 23.9 Å². The van der Waals surface area contributed by atoms with Crippen LogP contribution in [0.1, 0.15) is 0 Å². The molecule has 0 aliphatic heterocycles. The Hall–Kier alpha value is -1.73. The van der Waals surface area contributed by atoms with Gasteiger partial charge in [0.2, 0.25) is 0 Å². The van der Waals surface area contributed by atoms with Gasteiger partial charge in [0.1, 0.15) is 0 Å². The molecule has 18 heavy (non-hydrogen) atoms. The van der Waals surface area contributed by atoms with Gasteiger partial charge < -0.3 is 20.8 Å². The fourth-order valence-electron chi connectivity index (χ4n) is 1.13. The highest BCUT2D eigenvalue weighted by molar-refractivity contribution is 7.98. The van der Waals surface area contributed by atoms with Crippen molar-refractivity contribution in [3.8, 4) is 0 Å². The first-order valence-electron chi connectivity index (χ1n) is 5.12. The Bertz CT molecular complexity index is 422. The third-order valence-electron chi connectivity index (χ3n) is 2.09. The topological polar surface area (TPSA) is 98.7 Å². The summed E-state index contributed by atoms with van der Waals surface area (Å²) in [5, 5.41) is 22.2. The molecule has 6 nitrogen and oxygen atoms in total. The number of carboxylic acid groups (broad SMARTS) is 1. The van der Waals surface area contributed by atoms with E-state index in [1.165, 1.54) is 0 Å². The fourth-order valence-corrected chi connectivity index (χ4v) is 1.53. The van der Waals surface area contributed by atoms with Crippen LogP contribution >= 0.6 is 11.8 Å². The highest BCUT2D eigenvalue weighted by Gasteiger charge is 2.13. The van der Waals surface area contributed by atoms with E-state index in [2.05, 4.69) is 10.6 Å². The van der Waals surface area contributed by atoms with Crippen LogP contribution in [0.25, 0.3) is 0 Å². The van der Waals surface area contributed by atoms with Gasteiger partial charge in [-0.25, -0.2) is 9.59 Å². The standard InChI is InChI=1S/C11H14N2O4S/c1-18-8-4-2-7(3-5-8)13-11(17)12-6-9(14)10(15)16/h2-5,9,14H,6H2,1H3,(H,15,16)(H2,12,13,17)/t9-/m0/s1. The molecule has 1 aromatic carbocycles. The zero-order valence-electron chi connectivity index (χ0n) is 9.71. The maximum absolute atomic E-state index is 11.4. The van der Waals surface area contributed by atoms with Crippen LogP contribution in [0.3, 0.4) is 0 Å². The third-order valence-corrected chi connectivity index (χ3v) is 2.83. The van der Waals surface area contributed by atoms with E-state index in [0.29, 0.717) is 5.69 Å². The summed E-state index contributed by atoms with van der Waals surface area (Å²) in [4.78, 5) is 22.8. The molecule has 1 atom stereocenters. The number of carbonyl (C=O) groups is 2. The Morgan fingerprint density at radius 1 is 1.33 bits per heavy atom. The smallest absolute Gasteiger partial charge is 0.334 e. The lowest BCUT2D eigenvalue weighted by molar-refractivity contribution is -0.146. The van der Waals surface area contributed by atoms with Crippen LogP contribution in [-0.2, 0) is 4.79 Å². The summed E-state index contributed by atoms with van der Waals surface area (Å²) >= 11 is 1.59. The third kappa shape index (κ3) is 4.64. The maximum Gasteiger partial charge on any atom is 0.334 e. The van der Waals surface area contributed by atoms with Gasteiger partial charge in [0.05, 0.1) is 6.54 Å². The summed E-state index contributed by atoms with van der Waals surface area (Å²) in [6.07, 6.45) is 0.345. The summed E-state index contributed by atoms with van der Waals surface area (Å²) in [5.74, 6) is -1.38. The Balaban J connectivity index is 2.42. The summed E-state index contributed by atoms with van der Waals surface area (Å²) in [6.45, 7) is -0.343. The molecule has 0 aromatic heterocycles. The van der Waals surface area contributed by atoms with E-state index < -0.39 is 18.1 Å². The van der Waals surface area contributed by atoms with Gasteiger partial charge in [-0.2, -0.15) is 0 Å². The number of aliphatic carboxylic acids is 1. The number of carbonyl (C=O) groups excluding carboxylic acids is 1. The molecule has 0 saturated heterocycles. The van der Waals surface area contributed by atoms with Crippen molar-refractivity contribution in [3.05, 3.63) is 24.3 Å². The number of hydrogen-bond acceptors (Lipinski definition) is 4. The van der Waals surface area contributed by atoms with Crippen LogP contribution in [0.5, 0.6) is 0 Å². The number of aliphatic hydroxyl groups excluding tert-OH is 1. The molecule has 0 bridgehead atoms. The Kier molecular flexibility index (Phi) is 5.47. The van der Waals surface area contributed by atoms with Crippen LogP contribution in [0, 0.1) is 0 Å². The molecule has 0 fully saturated rings. The van der Waals surface area contributed by atoms with Gasteiger partial charge in [-0.1, -0.05) is 0 Å². The second kappa shape index (κ2) is 6.87. The molecule has 98 valence electrons. The highest BCUT2D eigenvalue weighted by atomic mass is 32.2. The van der Waals surface area contributed by atoms with E-state index in [1.807, 2.05) is 18.4 Å². The van der Waals surface area contributed by atoms with Crippen LogP contribution in [0.15, 0.2) is 29.2 Å². The minimum absolute atomic E-state index is 0.343. The normalized spacial score (nSPS) is 11.7. The van der Waals surface area contributed by atoms with Gasteiger partial charge in [0.15, 0.2) is 6.10 Å². The minimum Gasteiger partial charge on any atom is -0.479 e. The second-order valence-corrected chi connectivity index (χ2v) is 4.30. The number of anilines is 1. The van der Waals surface area contributed by atoms with Crippen molar-refractivity contribution in [3.63, 3.8) is 0 Å². The lowest BCUT2D eigenvalue weighted by Crippen LogP contribution is -2.38. The second-order valence-electron chi connectivity index (χ2n) is 3.42. The monoisotopic (exact) mass is 270 g/mol. The van der Waals surface area contributed by atoms with Gasteiger partial charge >= 0.3 is 12.0 Å². The number of hydrogen-bond donors (Lipinski definition) is 4. The number of rotatable bonds is 5. The maximum atomic E-state index is 11.4. The summed E-state index contributed by atoms with van der Waals surface area (Å²) < 4.78 is 0. The number of urea groups is 1. The zero-order chi connectivity index (χ0) is 13.5. The van der Waals surface area contributed by atoms with Gasteiger partial charge in [-0.15, -0.1) is 11.8 Å². The molecule has 0 aliphatic rings. The van der Waals surface area contributed by atoms with Crippen LogP contribution in [0.4, 0.5) is 10.5 Å². The van der Waals surface area contributed by atoms with Gasteiger partial charge in [0.25, 0.3) is 0 Å². The van der Waals surface area contributed by atoms with Crippen molar-refractivity contribution in [2.24, 2.45) is 0 Å². The number of amides is 2. The average molecular weight is 270 g/mol. The lowest BCUT2D eigenvalue weighted by Gasteiger charge is -2.09. The highest BCUT2D eigenvalue weighted by Crippen LogP contribution is 2.17. The molecular weight excluding hydrogens is 256 g/mol. The van der Waals surface area contributed by atoms with Crippen molar-refractivity contribution >= 4 is 29.4 Å². The van der Waals surface area contributed by atoms with Gasteiger partial charge in [-0.05, 0) is 30.5 Å². The van der Waals surface area contributed by atoms with Crippen LogP contribution < -0.4 is 10.6 Å². The SMILES string of the molecule is CSc1ccc(NC(=O)NC[C@H](O)C(=O)O)cc1. The summed E-state index contributed by atoms with van der Waals surface area (Å²) in [5.41, 5.74) is 0.593. The predicted octanol–water partition coefficient (Wildman–Crippen LogP) is 0.976. The zero-order valence-corrected chi connectivity index (χ0v) is 10.5. The van der Waals surface area contributed by atoms with E-state index in [4.69, 9.17) is 10.2 Å². The van der Waals surface area contributed by atoms with Crippen molar-refractivity contribution in [1.82, 2.24) is 5.32 Å². The summed E-state index contributed by atoms with van der Waals surface area (Å²) in [7, 11) is 0. The molecule has 0 radical (unpaired) electrons. The summed E-state index contributed by atoms with van der Waals surface area (Å²) in [6, 6.07) is 6.61. The Morgan fingerprint density at radius 3 is 2.44 bits per heavy atom. The number of carboxylic acids is 1. The van der Waals surface area contributed by atoms with Crippen LogP contribution in [0.2, 0.25) is 0 Å². The molecule has 7 heteroatoms. The Morgan fingerprint density at radius 2 is 1.94 bits per heavy atom. The fraction of sp³-hybridized carbons (Fsp3) is 0.273. The molecule has 1 rings (SSSR count). The van der Waals surface area contributed by atoms with E-state index in [-0.39, 0.29) is 6.54 Å². The molecule has 0 heterocycles. The van der Waals surface area contributed by atoms with Crippen molar-refractivity contribution in [2.75, 3.05) is 18.1 Å². The first-order chi connectivity index (χ1) is 8.52. The molecule has 1 aromatic rings. The quantitative estimate of drug-likeness (QED) is 0.598. The number of aliphatic hydroxyl groups is 1. The lowest BCUT2D eigenvalue weighted by atomic mass is 10.3. The van der Waals surface area contributed by atoms with Crippen molar-refractivity contribution in [2.45, 2.75) is 11.0 Å². The largest absolute Gasteiger partial charge is 0.479 e. The molecule has 4 N–H and O–H groups in total. The molecule has 0 saturated carbocycles. The average Bonchev–Trinajstić information content (AvgIpc) is 2.36. The number of nitrogens with one attached hydrogen (secondary N) is 2. The molecule has 0 spiro atoms. The van der Waals surface area contributed by atoms with E-state index in [9.17, 15) is 9.59 Å².